The zero-order valence-corrected chi connectivity index (χ0v) is 12.7. The molecule has 1 heterocycles. The molecule has 2 rings (SSSR count). The minimum Gasteiger partial charge on any atom is -0.264 e. The molecule has 0 saturated carbocycles. The predicted molar refractivity (Wildman–Crippen MR) is 76.7 cm³/mol. The molecule has 0 spiro atoms. The Labute approximate surface area is 118 Å². The van der Waals surface area contributed by atoms with Crippen LogP contribution in [0.15, 0.2) is 18.2 Å². The third-order valence-corrected chi connectivity index (χ3v) is 4.38. The van der Waals surface area contributed by atoms with Gasteiger partial charge in [-0.25, -0.2) is 12.8 Å². The molecule has 98 valence electrons. The Kier molecular flexibility index (Phi) is 3.90. The van der Waals surface area contributed by atoms with E-state index < -0.39 is 9.84 Å². The molecule has 0 bridgehead atoms. The summed E-state index contributed by atoms with van der Waals surface area (Å²) in [5.41, 5.74) is 0.702. The Hall–Kier alpha value is -0.700. The predicted octanol–water partition coefficient (Wildman–Crippen LogP) is 2.21. The lowest BCUT2D eigenvalue weighted by Gasteiger charge is -2.02. The molecule has 0 fully saturated rings. The zero-order chi connectivity index (χ0) is 13.3. The summed E-state index contributed by atoms with van der Waals surface area (Å²) in [6.07, 6.45) is 1.68. The van der Waals surface area contributed by atoms with Crippen LogP contribution in [0, 0.1) is 9.52 Å². The highest BCUT2D eigenvalue weighted by atomic mass is 127. The maximum absolute atomic E-state index is 13.2. The van der Waals surface area contributed by atoms with E-state index in [4.69, 9.17) is 0 Å². The van der Waals surface area contributed by atoms with Crippen molar-refractivity contribution in [3.05, 3.63) is 27.7 Å². The van der Waals surface area contributed by atoms with Crippen molar-refractivity contribution in [1.82, 2.24) is 9.78 Å². The summed E-state index contributed by atoms with van der Waals surface area (Å²) in [4.78, 5) is 0. The van der Waals surface area contributed by atoms with Gasteiger partial charge in [0.25, 0.3) is 0 Å². The third-order valence-electron chi connectivity index (χ3n) is 2.55. The fraction of sp³-hybridized carbons (Fsp3) is 0.364. The van der Waals surface area contributed by atoms with Gasteiger partial charge in [0.1, 0.15) is 19.4 Å². The van der Waals surface area contributed by atoms with Crippen LogP contribution >= 0.6 is 22.6 Å². The van der Waals surface area contributed by atoms with Crippen molar-refractivity contribution in [2.75, 3.05) is 12.0 Å². The Morgan fingerprint density at radius 3 is 2.83 bits per heavy atom. The number of halogens is 2. The molecular formula is C11H12FIN2O2S. The third kappa shape index (κ3) is 3.19. The lowest BCUT2D eigenvalue weighted by atomic mass is 10.2. The Morgan fingerprint density at radius 1 is 1.44 bits per heavy atom. The highest BCUT2D eigenvalue weighted by Gasteiger charge is 2.10. The molecule has 0 unspecified atom stereocenters. The number of benzene rings is 1. The van der Waals surface area contributed by atoms with E-state index in [9.17, 15) is 12.8 Å². The lowest BCUT2D eigenvalue weighted by molar-refractivity contribution is 0.580. The normalized spacial score (nSPS) is 12.2. The SMILES string of the molecule is CS(=O)(=O)CCCn1nc(I)c2ccc(F)cc21. The monoisotopic (exact) mass is 382 g/mol. The summed E-state index contributed by atoms with van der Waals surface area (Å²) in [6, 6.07) is 4.50. The number of rotatable bonds is 4. The smallest absolute Gasteiger partial charge is 0.147 e. The Balaban J connectivity index is 2.25. The summed E-state index contributed by atoms with van der Waals surface area (Å²) in [7, 11) is -2.97. The van der Waals surface area contributed by atoms with Crippen molar-refractivity contribution in [3.8, 4) is 0 Å². The first-order valence-corrected chi connectivity index (χ1v) is 8.50. The molecule has 7 heteroatoms. The molecule has 4 nitrogen and oxygen atoms in total. The second-order valence-electron chi connectivity index (χ2n) is 4.16. The summed E-state index contributed by atoms with van der Waals surface area (Å²) in [6.45, 7) is 0.468. The number of nitrogens with zero attached hydrogens (tertiary/aromatic N) is 2. The van der Waals surface area contributed by atoms with E-state index in [-0.39, 0.29) is 11.6 Å². The molecule has 2 aromatic rings. The first kappa shape index (κ1) is 13.7. The maximum atomic E-state index is 13.2. The van der Waals surface area contributed by atoms with E-state index in [1.807, 2.05) is 0 Å². The van der Waals surface area contributed by atoms with Gasteiger partial charge < -0.3 is 0 Å². The highest BCUT2D eigenvalue weighted by molar-refractivity contribution is 14.1. The van der Waals surface area contributed by atoms with Crippen LogP contribution in [0.4, 0.5) is 4.39 Å². The van der Waals surface area contributed by atoms with E-state index in [2.05, 4.69) is 27.7 Å². The quantitative estimate of drug-likeness (QED) is 0.763. The van der Waals surface area contributed by atoms with Gasteiger partial charge in [-0.15, -0.1) is 0 Å². The van der Waals surface area contributed by atoms with E-state index in [1.165, 1.54) is 18.4 Å². The zero-order valence-electron chi connectivity index (χ0n) is 9.73. The van der Waals surface area contributed by atoms with Crippen LogP contribution in [0.5, 0.6) is 0 Å². The van der Waals surface area contributed by atoms with Gasteiger partial charge in [0.2, 0.25) is 0 Å². The van der Waals surface area contributed by atoms with Crippen molar-refractivity contribution in [2.24, 2.45) is 0 Å². The molecule has 0 aliphatic heterocycles. The molecule has 1 aromatic carbocycles. The largest absolute Gasteiger partial charge is 0.264 e. The molecule has 18 heavy (non-hydrogen) atoms. The molecular weight excluding hydrogens is 370 g/mol. The van der Waals surface area contributed by atoms with E-state index in [0.29, 0.717) is 18.5 Å². The minimum absolute atomic E-state index is 0.111. The molecule has 0 aliphatic rings. The first-order valence-electron chi connectivity index (χ1n) is 5.36. The second kappa shape index (κ2) is 5.12. The van der Waals surface area contributed by atoms with Gasteiger partial charge in [0.15, 0.2) is 0 Å². The van der Waals surface area contributed by atoms with Crippen molar-refractivity contribution in [1.29, 1.82) is 0 Å². The van der Waals surface area contributed by atoms with Crippen molar-refractivity contribution < 1.29 is 12.8 Å². The van der Waals surface area contributed by atoms with Crippen LogP contribution in [0.2, 0.25) is 0 Å². The van der Waals surface area contributed by atoms with Gasteiger partial charge in [-0.05, 0) is 47.2 Å². The Bertz CT molecular complexity index is 682. The number of hydrogen-bond donors (Lipinski definition) is 0. The summed E-state index contributed by atoms with van der Waals surface area (Å²) >= 11 is 2.09. The maximum Gasteiger partial charge on any atom is 0.147 e. The standard InChI is InChI=1S/C11H12FIN2O2S/c1-18(16,17)6-2-5-15-10-7-8(12)3-4-9(10)11(13)14-15/h3-4,7H,2,5-6H2,1H3. The van der Waals surface area contributed by atoms with Crippen molar-refractivity contribution in [2.45, 2.75) is 13.0 Å². The van der Waals surface area contributed by atoms with E-state index in [1.54, 1.807) is 10.7 Å². The number of sulfone groups is 1. The van der Waals surface area contributed by atoms with Crippen LogP contribution in [-0.4, -0.2) is 30.2 Å². The van der Waals surface area contributed by atoms with Crippen LogP contribution < -0.4 is 0 Å². The van der Waals surface area contributed by atoms with Crippen LogP contribution in [-0.2, 0) is 16.4 Å². The van der Waals surface area contributed by atoms with Crippen LogP contribution in [0.1, 0.15) is 6.42 Å². The van der Waals surface area contributed by atoms with Crippen molar-refractivity contribution >= 4 is 43.3 Å². The van der Waals surface area contributed by atoms with Gasteiger partial charge in [-0.3, -0.25) is 4.68 Å². The molecule has 0 radical (unpaired) electrons. The average molecular weight is 382 g/mol. The molecule has 1 aromatic heterocycles. The lowest BCUT2D eigenvalue weighted by Crippen LogP contribution is -2.08. The number of aryl methyl sites for hydroxylation is 1. The van der Waals surface area contributed by atoms with Crippen molar-refractivity contribution in [3.63, 3.8) is 0 Å². The molecule has 0 atom stereocenters. The van der Waals surface area contributed by atoms with Crippen LogP contribution in [0.25, 0.3) is 10.9 Å². The molecule has 0 amide bonds. The summed E-state index contributed by atoms with van der Waals surface area (Å²) < 4.78 is 37.8. The fourth-order valence-corrected chi connectivity index (χ4v) is 3.12. The van der Waals surface area contributed by atoms with E-state index in [0.717, 1.165) is 9.09 Å². The van der Waals surface area contributed by atoms with Crippen LogP contribution in [0.3, 0.4) is 0 Å². The van der Waals surface area contributed by atoms with E-state index >= 15 is 0 Å². The fourth-order valence-electron chi connectivity index (χ4n) is 1.75. The number of aromatic nitrogens is 2. The molecule has 0 N–H and O–H groups in total. The Morgan fingerprint density at radius 2 is 2.17 bits per heavy atom. The highest BCUT2D eigenvalue weighted by Crippen LogP contribution is 2.21. The summed E-state index contributed by atoms with van der Waals surface area (Å²) in [5.74, 6) is -0.205. The first-order chi connectivity index (χ1) is 8.37. The van der Waals surface area contributed by atoms with Gasteiger partial charge in [0, 0.05) is 18.2 Å². The topological polar surface area (TPSA) is 52.0 Å². The molecule has 0 aliphatic carbocycles. The number of hydrogen-bond acceptors (Lipinski definition) is 3. The van der Waals surface area contributed by atoms with Gasteiger partial charge >= 0.3 is 0 Å². The molecule has 0 saturated heterocycles. The van der Waals surface area contributed by atoms with Gasteiger partial charge in [0.05, 0.1) is 11.3 Å². The number of fused-ring (bicyclic) bond motifs is 1. The summed E-state index contributed by atoms with van der Waals surface area (Å²) in [5, 5.41) is 5.18. The second-order valence-corrected chi connectivity index (χ2v) is 7.44. The van der Waals surface area contributed by atoms with Gasteiger partial charge in [-0.2, -0.15) is 5.10 Å². The minimum atomic E-state index is -2.97. The van der Waals surface area contributed by atoms with Gasteiger partial charge in [-0.1, -0.05) is 0 Å². The average Bonchev–Trinajstić information content (AvgIpc) is 2.54.